The van der Waals surface area contributed by atoms with Crippen LogP contribution in [0.5, 0.6) is 0 Å². The monoisotopic (exact) mass is 313 g/mol. The second kappa shape index (κ2) is 5.42. The molecule has 5 nitrogen and oxygen atoms in total. The minimum Gasteiger partial charge on any atom is -0.364 e. The van der Waals surface area contributed by atoms with Gasteiger partial charge < -0.3 is 5.32 Å². The van der Waals surface area contributed by atoms with Gasteiger partial charge in [0.05, 0.1) is 5.69 Å². The Bertz CT molecular complexity index is 666. The Morgan fingerprint density at radius 3 is 2.77 bits per heavy atom. The largest absolute Gasteiger partial charge is 0.404 e. The zero-order valence-corrected chi connectivity index (χ0v) is 12.4. The molecule has 2 atom stereocenters. The van der Waals surface area contributed by atoms with E-state index in [2.05, 4.69) is 15.4 Å². The number of alkyl halides is 3. The summed E-state index contributed by atoms with van der Waals surface area (Å²) in [6.07, 6.45) is -0.225. The first-order chi connectivity index (χ1) is 10.3. The Morgan fingerprint density at radius 2 is 2.09 bits per heavy atom. The van der Waals surface area contributed by atoms with Crippen molar-refractivity contribution in [3.05, 3.63) is 24.2 Å². The van der Waals surface area contributed by atoms with Crippen molar-refractivity contribution in [3.63, 3.8) is 0 Å². The molecular formula is C14H18F3N5. The fraction of sp³-hybridized carbons (Fsp3) is 0.571. The number of anilines is 1. The van der Waals surface area contributed by atoms with Gasteiger partial charge in [-0.3, -0.25) is 4.90 Å². The molecule has 1 fully saturated rings. The van der Waals surface area contributed by atoms with Crippen LogP contribution < -0.4 is 5.32 Å². The molecule has 0 radical (unpaired) electrons. The van der Waals surface area contributed by atoms with E-state index in [-0.39, 0.29) is 12.5 Å². The molecule has 1 N–H and O–H groups in total. The number of aromatic nitrogens is 3. The Hall–Kier alpha value is -1.83. The van der Waals surface area contributed by atoms with Crippen molar-refractivity contribution in [1.29, 1.82) is 0 Å². The van der Waals surface area contributed by atoms with E-state index in [1.165, 1.54) is 11.9 Å². The molecule has 0 saturated carbocycles. The van der Waals surface area contributed by atoms with E-state index >= 15 is 0 Å². The minimum absolute atomic E-state index is 0.0579. The van der Waals surface area contributed by atoms with Gasteiger partial charge in [-0.25, -0.2) is 9.50 Å². The molecule has 3 heterocycles. The van der Waals surface area contributed by atoms with Gasteiger partial charge in [-0.05, 0) is 32.9 Å². The third kappa shape index (κ3) is 2.87. The van der Waals surface area contributed by atoms with Crippen molar-refractivity contribution < 1.29 is 13.2 Å². The molecule has 2 aromatic rings. The summed E-state index contributed by atoms with van der Waals surface area (Å²) in [5, 5.41) is 7.56. The van der Waals surface area contributed by atoms with E-state index < -0.39 is 12.2 Å². The Labute approximate surface area is 126 Å². The molecule has 1 aliphatic heterocycles. The molecule has 0 amide bonds. The SMILES string of the molecule is Cc1cc2c(NC3CCC(C(F)(F)F)N(C)C3)nccn2n1. The number of rotatable bonds is 2. The maximum Gasteiger partial charge on any atom is 0.404 e. The standard InChI is InChI=1S/C14H18F3N5/c1-9-7-11-13(18-5-6-22(11)20-9)19-10-3-4-12(14(15,16)17)21(2)8-10/h5-7,10,12H,3-4,8H2,1-2H3,(H,18,19). The molecule has 0 aromatic carbocycles. The highest BCUT2D eigenvalue weighted by atomic mass is 19.4. The van der Waals surface area contributed by atoms with Crippen LogP contribution in [0.1, 0.15) is 18.5 Å². The van der Waals surface area contributed by atoms with E-state index in [0.717, 1.165) is 11.2 Å². The average molecular weight is 313 g/mol. The molecule has 2 aromatic heterocycles. The molecule has 0 aliphatic carbocycles. The Morgan fingerprint density at radius 1 is 1.32 bits per heavy atom. The van der Waals surface area contributed by atoms with Crippen LogP contribution in [0.25, 0.3) is 5.52 Å². The van der Waals surface area contributed by atoms with E-state index in [0.29, 0.717) is 18.8 Å². The number of hydrogen-bond donors (Lipinski definition) is 1. The zero-order chi connectivity index (χ0) is 15.9. The van der Waals surface area contributed by atoms with Gasteiger partial charge in [-0.1, -0.05) is 0 Å². The van der Waals surface area contributed by atoms with Gasteiger partial charge in [-0.15, -0.1) is 0 Å². The fourth-order valence-electron chi connectivity index (χ4n) is 3.03. The quantitative estimate of drug-likeness (QED) is 0.925. The van der Waals surface area contributed by atoms with Gasteiger partial charge in [0.25, 0.3) is 0 Å². The van der Waals surface area contributed by atoms with Crippen LogP contribution in [-0.2, 0) is 0 Å². The number of fused-ring (bicyclic) bond motifs is 1. The number of nitrogens with zero attached hydrogens (tertiary/aromatic N) is 4. The van der Waals surface area contributed by atoms with Crippen molar-refractivity contribution in [1.82, 2.24) is 19.5 Å². The van der Waals surface area contributed by atoms with Crippen LogP contribution in [0.15, 0.2) is 18.5 Å². The van der Waals surface area contributed by atoms with Gasteiger partial charge in [-0.2, -0.15) is 18.3 Å². The third-order valence-corrected chi connectivity index (χ3v) is 4.06. The number of likely N-dealkylation sites (N-methyl/N-ethyl adjacent to an activating group) is 1. The second-order valence-electron chi connectivity index (χ2n) is 5.81. The van der Waals surface area contributed by atoms with Crippen LogP contribution in [0.3, 0.4) is 0 Å². The van der Waals surface area contributed by atoms with Crippen molar-refractivity contribution in [2.45, 2.75) is 38.0 Å². The molecule has 0 bridgehead atoms. The lowest BCUT2D eigenvalue weighted by molar-refractivity contribution is -0.187. The van der Waals surface area contributed by atoms with Crippen molar-refractivity contribution in [2.24, 2.45) is 0 Å². The van der Waals surface area contributed by atoms with Gasteiger partial charge in [0, 0.05) is 25.0 Å². The zero-order valence-electron chi connectivity index (χ0n) is 12.4. The predicted octanol–water partition coefficient (Wildman–Crippen LogP) is 2.47. The van der Waals surface area contributed by atoms with Crippen molar-refractivity contribution in [2.75, 3.05) is 18.9 Å². The second-order valence-corrected chi connectivity index (χ2v) is 5.81. The highest BCUT2D eigenvalue weighted by Gasteiger charge is 2.44. The smallest absolute Gasteiger partial charge is 0.364 e. The van der Waals surface area contributed by atoms with E-state index in [4.69, 9.17) is 0 Å². The molecule has 2 unspecified atom stereocenters. The van der Waals surface area contributed by atoms with E-state index in [1.807, 2.05) is 13.0 Å². The lowest BCUT2D eigenvalue weighted by atomic mass is 9.98. The van der Waals surface area contributed by atoms with Gasteiger partial charge in [0.1, 0.15) is 11.6 Å². The summed E-state index contributed by atoms with van der Waals surface area (Å²) in [4.78, 5) is 5.66. The van der Waals surface area contributed by atoms with Crippen LogP contribution in [-0.4, -0.2) is 51.4 Å². The maximum atomic E-state index is 12.9. The summed E-state index contributed by atoms with van der Waals surface area (Å²) in [5.41, 5.74) is 1.70. The van der Waals surface area contributed by atoms with Crippen molar-refractivity contribution in [3.8, 4) is 0 Å². The number of aryl methyl sites for hydroxylation is 1. The van der Waals surface area contributed by atoms with E-state index in [9.17, 15) is 13.2 Å². The summed E-state index contributed by atoms with van der Waals surface area (Å²) in [6, 6.07) is 0.490. The summed E-state index contributed by atoms with van der Waals surface area (Å²) >= 11 is 0. The molecule has 0 spiro atoms. The first-order valence-corrected chi connectivity index (χ1v) is 7.19. The Balaban J connectivity index is 1.74. The van der Waals surface area contributed by atoms with Crippen LogP contribution in [0.2, 0.25) is 0 Å². The summed E-state index contributed by atoms with van der Waals surface area (Å²) in [5.74, 6) is 0.659. The summed E-state index contributed by atoms with van der Waals surface area (Å²) in [7, 11) is 1.52. The first kappa shape index (κ1) is 15.1. The molecule has 8 heteroatoms. The molecule has 3 rings (SSSR count). The topological polar surface area (TPSA) is 45.5 Å². The number of likely N-dealkylation sites (tertiary alicyclic amines) is 1. The maximum absolute atomic E-state index is 12.9. The molecule has 1 aliphatic rings. The Kier molecular flexibility index (Phi) is 3.72. The average Bonchev–Trinajstić information content (AvgIpc) is 2.79. The van der Waals surface area contributed by atoms with Crippen LogP contribution >= 0.6 is 0 Å². The summed E-state index contributed by atoms with van der Waals surface area (Å²) in [6.45, 7) is 2.22. The minimum atomic E-state index is -4.17. The van der Waals surface area contributed by atoms with Gasteiger partial charge in [0.2, 0.25) is 0 Å². The number of halogens is 3. The predicted molar refractivity (Wildman–Crippen MR) is 76.8 cm³/mol. The highest BCUT2D eigenvalue weighted by Crippen LogP contribution is 2.31. The first-order valence-electron chi connectivity index (χ1n) is 7.19. The van der Waals surface area contributed by atoms with Crippen LogP contribution in [0.4, 0.5) is 19.0 Å². The number of nitrogens with one attached hydrogen (secondary N) is 1. The normalized spacial score (nSPS) is 23.9. The molecular weight excluding hydrogens is 295 g/mol. The van der Waals surface area contributed by atoms with Crippen molar-refractivity contribution >= 4 is 11.3 Å². The molecule has 120 valence electrons. The summed E-state index contributed by atoms with van der Waals surface area (Å²) < 4.78 is 40.3. The van der Waals surface area contributed by atoms with Gasteiger partial charge in [0.15, 0.2) is 5.82 Å². The highest BCUT2D eigenvalue weighted by molar-refractivity contribution is 5.68. The number of piperidine rings is 1. The van der Waals surface area contributed by atoms with Gasteiger partial charge >= 0.3 is 6.18 Å². The van der Waals surface area contributed by atoms with Crippen LogP contribution in [0, 0.1) is 6.92 Å². The number of hydrogen-bond acceptors (Lipinski definition) is 4. The molecule has 22 heavy (non-hydrogen) atoms. The fourth-order valence-corrected chi connectivity index (χ4v) is 3.03. The molecule has 1 saturated heterocycles. The third-order valence-electron chi connectivity index (χ3n) is 4.06. The lowest BCUT2D eigenvalue weighted by Gasteiger charge is -2.38. The lowest BCUT2D eigenvalue weighted by Crippen LogP contribution is -2.52. The van der Waals surface area contributed by atoms with E-state index in [1.54, 1.807) is 16.9 Å².